The minimum absolute atomic E-state index is 0.0663. The third-order valence-corrected chi connectivity index (χ3v) is 4.24. The fourth-order valence-corrected chi connectivity index (χ4v) is 2.85. The van der Waals surface area contributed by atoms with Gasteiger partial charge in [-0.15, -0.1) is 0 Å². The van der Waals surface area contributed by atoms with Crippen molar-refractivity contribution in [2.75, 3.05) is 5.75 Å². The van der Waals surface area contributed by atoms with Gasteiger partial charge in [0.1, 0.15) is 0 Å². The maximum Gasteiger partial charge on any atom is 0.329 e. The summed E-state index contributed by atoms with van der Waals surface area (Å²) in [4.78, 5) is 41.3. The van der Waals surface area contributed by atoms with Gasteiger partial charge in [0.2, 0.25) is 5.91 Å². The first-order valence-corrected chi connectivity index (χ1v) is 7.90. The van der Waals surface area contributed by atoms with E-state index >= 15 is 0 Å². The van der Waals surface area contributed by atoms with Gasteiger partial charge in [-0.05, 0) is 12.3 Å². The molecule has 0 atom stereocenters. The molecule has 0 bridgehead atoms. The summed E-state index contributed by atoms with van der Waals surface area (Å²) in [5, 5.41) is 0.515. The average Bonchev–Trinajstić information content (AvgIpc) is 2.79. The Balaban J connectivity index is 2.62. The van der Waals surface area contributed by atoms with Gasteiger partial charge in [-0.3, -0.25) is 19.1 Å². The summed E-state index contributed by atoms with van der Waals surface area (Å²) >= 11 is 1.16. The van der Waals surface area contributed by atoms with E-state index in [2.05, 4.69) is 23.8 Å². The van der Waals surface area contributed by atoms with E-state index in [9.17, 15) is 14.4 Å². The lowest BCUT2D eigenvalue weighted by atomic mass is 10.1. The van der Waals surface area contributed by atoms with Gasteiger partial charge in [-0.2, -0.15) is 0 Å². The smallest absolute Gasteiger partial charge is 0.329 e. The van der Waals surface area contributed by atoms with Crippen LogP contribution in [0.1, 0.15) is 20.3 Å². The number of rotatable bonds is 6. The number of aromatic nitrogens is 4. The van der Waals surface area contributed by atoms with Crippen molar-refractivity contribution in [3.05, 3.63) is 20.8 Å². The highest BCUT2D eigenvalue weighted by Crippen LogP contribution is 2.22. The first-order valence-electron chi connectivity index (χ1n) is 6.92. The van der Waals surface area contributed by atoms with E-state index in [1.165, 1.54) is 4.57 Å². The number of aromatic amines is 1. The number of amides is 1. The number of H-pyrrole nitrogens is 1. The molecular formula is C13H19N5O3S. The molecule has 22 heavy (non-hydrogen) atoms. The Kier molecular flexibility index (Phi) is 4.74. The predicted octanol–water partition coefficient (Wildman–Crippen LogP) is 0.0468. The number of thioether (sulfide) groups is 1. The number of carbonyl (C=O) groups excluding carboxylic acids is 1. The Bertz CT molecular complexity index is 817. The van der Waals surface area contributed by atoms with Crippen molar-refractivity contribution in [1.29, 1.82) is 0 Å². The zero-order valence-electron chi connectivity index (χ0n) is 12.8. The van der Waals surface area contributed by atoms with Crippen LogP contribution >= 0.6 is 11.8 Å². The molecule has 2 aromatic rings. The van der Waals surface area contributed by atoms with Crippen molar-refractivity contribution in [3.8, 4) is 0 Å². The number of primary amides is 1. The van der Waals surface area contributed by atoms with Crippen molar-refractivity contribution in [2.24, 2.45) is 18.7 Å². The number of hydrogen-bond acceptors (Lipinski definition) is 5. The molecule has 0 unspecified atom stereocenters. The monoisotopic (exact) mass is 325 g/mol. The maximum absolute atomic E-state index is 11.9. The van der Waals surface area contributed by atoms with Crippen molar-refractivity contribution >= 4 is 28.8 Å². The number of hydrogen-bond donors (Lipinski definition) is 2. The van der Waals surface area contributed by atoms with E-state index in [1.54, 1.807) is 11.6 Å². The molecule has 120 valence electrons. The van der Waals surface area contributed by atoms with Crippen molar-refractivity contribution < 1.29 is 4.79 Å². The molecule has 8 nitrogen and oxygen atoms in total. The molecule has 0 spiro atoms. The standard InChI is InChI=1S/C13H19N5O3S/c1-7(2)4-5-18-11-9(10(20)16-12(21)17(11)3)15-13(18)22-6-8(14)19/h7H,4-6H2,1-3H3,(H2,14,19)(H,16,20,21). The second-order valence-electron chi connectivity index (χ2n) is 5.47. The maximum atomic E-state index is 11.9. The Morgan fingerprint density at radius 2 is 2.09 bits per heavy atom. The third kappa shape index (κ3) is 3.24. The molecule has 0 aliphatic rings. The minimum atomic E-state index is -0.526. The molecule has 0 aromatic carbocycles. The summed E-state index contributed by atoms with van der Waals surface area (Å²) in [6, 6.07) is 0. The largest absolute Gasteiger partial charge is 0.369 e. The zero-order chi connectivity index (χ0) is 16.4. The van der Waals surface area contributed by atoms with Crippen LogP contribution in [0.2, 0.25) is 0 Å². The molecule has 9 heteroatoms. The molecule has 0 fully saturated rings. The van der Waals surface area contributed by atoms with Crippen molar-refractivity contribution in [3.63, 3.8) is 0 Å². The molecule has 0 radical (unpaired) electrons. The number of fused-ring (bicyclic) bond motifs is 1. The van der Waals surface area contributed by atoms with E-state index in [0.29, 0.717) is 23.3 Å². The van der Waals surface area contributed by atoms with E-state index in [-0.39, 0.29) is 11.3 Å². The molecule has 3 N–H and O–H groups in total. The first kappa shape index (κ1) is 16.3. The summed E-state index contributed by atoms with van der Waals surface area (Å²) in [6.45, 7) is 4.77. The van der Waals surface area contributed by atoms with Crippen LogP contribution in [0.5, 0.6) is 0 Å². The fraction of sp³-hybridized carbons (Fsp3) is 0.538. The Labute approximate surface area is 130 Å². The average molecular weight is 325 g/mol. The number of aryl methyl sites for hydroxylation is 2. The number of carbonyl (C=O) groups is 1. The van der Waals surface area contributed by atoms with E-state index in [4.69, 9.17) is 5.73 Å². The molecule has 0 aliphatic heterocycles. The molecule has 0 saturated carbocycles. The van der Waals surface area contributed by atoms with Crippen LogP contribution in [-0.2, 0) is 18.4 Å². The lowest BCUT2D eigenvalue weighted by Crippen LogP contribution is -2.29. The van der Waals surface area contributed by atoms with Crippen LogP contribution in [0.25, 0.3) is 11.2 Å². The highest BCUT2D eigenvalue weighted by atomic mass is 32.2. The van der Waals surface area contributed by atoms with Gasteiger partial charge >= 0.3 is 5.69 Å². The molecule has 1 amide bonds. The Hall–Kier alpha value is -2.03. The van der Waals surface area contributed by atoms with Crippen molar-refractivity contribution in [1.82, 2.24) is 19.1 Å². The molecule has 0 saturated heterocycles. The fourth-order valence-electron chi connectivity index (χ4n) is 2.09. The number of nitrogens with zero attached hydrogens (tertiary/aromatic N) is 3. The van der Waals surface area contributed by atoms with Gasteiger partial charge < -0.3 is 10.3 Å². The Morgan fingerprint density at radius 3 is 2.68 bits per heavy atom. The molecule has 2 aromatic heterocycles. The Morgan fingerprint density at radius 1 is 1.41 bits per heavy atom. The van der Waals surface area contributed by atoms with Gasteiger partial charge in [-0.1, -0.05) is 25.6 Å². The SMILES string of the molecule is CC(C)CCn1c(SCC(N)=O)nc2c(=O)[nH]c(=O)n(C)c21. The summed E-state index contributed by atoms with van der Waals surface area (Å²) in [5.41, 5.74) is 4.81. The topological polar surface area (TPSA) is 116 Å². The second-order valence-corrected chi connectivity index (χ2v) is 6.42. The van der Waals surface area contributed by atoms with E-state index in [0.717, 1.165) is 18.2 Å². The van der Waals surface area contributed by atoms with Gasteiger partial charge in [0, 0.05) is 13.6 Å². The summed E-state index contributed by atoms with van der Waals surface area (Å²) in [5.74, 6) is 0.0531. The zero-order valence-corrected chi connectivity index (χ0v) is 13.6. The molecular weight excluding hydrogens is 306 g/mol. The number of nitrogens with one attached hydrogen (secondary N) is 1. The van der Waals surface area contributed by atoms with Gasteiger partial charge in [-0.25, -0.2) is 9.78 Å². The summed E-state index contributed by atoms with van der Waals surface area (Å²) < 4.78 is 3.16. The van der Waals surface area contributed by atoms with Crippen LogP contribution in [0.4, 0.5) is 0 Å². The second kappa shape index (κ2) is 6.39. The molecule has 2 heterocycles. The van der Waals surface area contributed by atoms with E-state index < -0.39 is 17.2 Å². The number of nitrogens with two attached hydrogens (primary N) is 1. The van der Waals surface area contributed by atoms with Gasteiger partial charge in [0.15, 0.2) is 16.3 Å². The predicted molar refractivity (Wildman–Crippen MR) is 85.0 cm³/mol. The van der Waals surface area contributed by atoms with Crippen LogP contribution < -0.4 is 17.0 Å². The van der Waals surface area contributed by atoms with Crippen LogP contribution in [0.3, 0.4) is 0 Å². The molecule has 2 rings (SSSR count). The minimum Gasteiger partial charge on any atom is -0.369 e. The van der Waals surface area contributed by atoms with Crippen LogP contribution in [0, 0.1) is 5.92 Å². The highest BCUT2D eigenvalue weighted by molar-refractivity contribution is 7.99. The normalized spacial score (nSPS) is 11.5. The van der Waals surface area contributed by atoms with E-state index in [1.807, 2.05) is 0 Å². The lowest BCUT2D eigenvalue weighted by Gasteiger charge is -2.11. The van der Waals surface area contributed by atoms with Gasteiger partial charge in [0.25, 0.3) is 5.56 Å². The highest BCUT2D eigenvalue weighted by Gasteiger charge is 2.18. The van der Waals surface area contributed by atoms with Crippen LogP contribution in [-0.4, -0.2) is 30.8 Å². The first-order chi connectivity index (χ1) is 10.3. The quantitative estimate of drug-likeness (QED) is 0.728. The summed E-state index contributed by atoms with van der Waals surface area (Å²) in [7, 11) is 1.58. The summed E-state index contributed by atoms with van der Waals surface area (Å²) in [6.07, 6.45) is 0.858. The van der Waals surface area contributed by atoms with Gasteiger partial charge in [0.05, 0.1) is 5.75 Å². The number of imidazole rings is 1. The lowest BCUT2D eigenvalue weighted by molar-refractivity contribution is -0.115. The van der Waals surface area contributed by atoms with Crippen molar-refractivity contribution in [2.45, 2.75) is 32.0 Å². The molecule has 0 aliphatic carbocycles. The van der Waals surface area contributed by atoms with Crippen LogP contribution in [0.15, 0.2) is 14.7 Å². The third-order valence-electron chi connectivity index (χ3n) is 3.24.